The Bertz CT molecular complexity index is 1050. The first-order valence-electron chi connectivity index (χ1n) is 8.05. The average molecular weight is 445 g/mol. The quantitative estimate of drug-likeness (QED) is 0.457. The van der Waals surface area contributed by atoms with Gasteiger partial charge < -0.3 is 10.1 Å². The second-order valence-corrected chi connectivity index (χ2v) is 8.08. The molecule has 0 saturated carbocycles. The molecule has 0 heterocycles. The Balaban J connectivity index is 2.07. The van der Waals surface area contributed by atoms with Gasteiger partial charge in [0.25, 0.3) is 10.0 Å². The molecule has 0 atom stereocenters. The highest BCUT2D eigenvalue weighted by Gasteiger charge is 2.16. The van der Waals surface area contributed by atoms with E-state index in [-0.39, 0.29) is 10.7 Å². The topological polar surface area (TPSA) is 67.8 Å². The molecule has 0 unspecified atom stereocenters. The van der Waals surface area contributed by atoms with Crippen LogP contribution in [-0.2, 0) is 10.0 Å². The lowest BCUT2D eigenvalue weighted by Gasteiger charge is -2.13. The zero-order valence-corrected chi connectivity index (χ0v) is 16.9. The van der Waals surface area contributed by atoms with E-state index in [1.165, 1.54) is 12.1 Å². The van der Waals surface area contributed by atoms with Crippen LogP contribution in [0.25, 0.3) is 0 Å². The lowest BCUT2D eigenvalue weighted by atomic mass is 10.2. The first kappa shape index (κ1) is 19.1. The van der Waals surface area contributed by atoms with Gasteiger partial charge in [0, 0.05) is 10.0 Å². The van der Waals surface area contributed by atoms with E-state index in [1.807, 2.05) is 30.3 Å². The SMILES string of the molecule is COc1ccccc1N/C(=N\S(=O)(=O)c1ccc(Br)cc1)c1ccccc1. The zero-order valence-electron chi connectivity index (χ0n) is 14.5. The van der Waals surface area contributed by atoms with Crippen LogP contribution in [-0.4, -0.2) is 21.4 Å². The summed E-state index contributed by atoms with van der Waals surface area (Å²) in [5.74, 6) is 0.796. The van der Waals surface area contributed by atoms with E-state index in [2.05, 4.69) is 25.6 Å². The summed E-state index contributed by atoms with van der Waals surface area (Å²) in [5, 5.41) is 3.09. The number of nitrogens with one attached hydrogen (secondary N) is 1. The van der Waals surface area contributed by atoms with Crippen LogP contribution in [0, 0.1) is 0 Å². The highest BCUT2D eigenvalue weighted by molar-refractivity contribution is 9.10. The Kier molecular flexibility index (Phi) is 5.93. The number of sulfonamides is 1. The third kappa shape index (κ3) is 4.75. The number of anilines is 1. The number of nitrogens with zero attached hydrogens (tertiary/aromatic N) is 1. The molecule has 1 N–H and O–H groups in total. The molecule has 3 aromatic rings. The molecular formula is C20H17BrN2O3S. The Morgan fingerprint density at radius 3 is 2.22 bits per heavy atom. The van der Waals surface area contributed by atoms with Crippen LogP contribution in [0.1, 0.15) is 5.56 Å². The van der Waals surface area contributed by atoms with E-state index in [0.717, 1.165) is 4.47 Å². The molecule has 0 aliphatic rings. The molecule has 3 aromatic carbocycles. The van der Waals surface area contributed by atoms with E-state index in [9.17, 15) is 8.42 Å². The van der Waals surface area contributed by atoms with Crippen molar-refractivity contribution in [2.75, 3.05) is 12.4 Å². The maximum absolute atomic E-state index is 12.8. The number of ether oxygens (including phenoxy) is 1. The van der Waals surface area contributed by atoms with Gasteiger partial charge in [-0.15, -0.1) is 4.40 Å². The number of hydrogen-bond donors (Lipinski definition) is 1. The van der Waals surface area contributed by atoms with Crippen LogP contribution in [0.2, 0.25) is 0 Å². The van der Waals surface area contributed by atoms with Gasteiger partial charge in [-0.25, -0.2) is 0 Å². The second kappa shape index (κ2) is 8.37. The fourth-order valence-electron chi connectivity index (χ4n) is 2.40. The molecular weight excluding hydrogens is 428 g/mol. The van der Waals surface area contributed by atoms with Crippen molar-refractivity contribution < 1.29 is 13.2 Å². The molecule has 0 aliphatic heterocycles. The number of rotatable bonds is 5. The summed E-state index contributed by atoms with van der Waals surface area (Å²) in [6.07, 6.45) is 0. The molecule has 5 nitrogen and oxygen atoms in total. The highest BCUT2D eigenvalue weighted by atomic mass is 79.9. The lowest BCUT2D eigenvalue weighted by molar-refractivity contribution is 0.417. The largest absolute Gasteiger partial charge is 0.495 e. The molecule has 7 heteroatoms. The van der Waals surface area contributed by atoms with Crippen LogP contribution >= 0.6 is 15.9 Å². The van der Waals surface area contributed by atoms with Gasteiger partial charge in [-0.05, 0) is 36.4 Å². The molecule has 0 saturated heterocycles. The molecule has 0 spiro atoms. The minimum absolute atomic E-state index is 0.112. The van der Waals surface area contributed by atoms with Gasteiger partial charge in [0.1, 0.15) is 5.75 Å². The van der Waals surface area contributed by atoms with Crippen LogP contribution in [0.3, 0.4) is 0 Å². The van der Waals surface area contributed by atoms with Crippen LogP contribution in [0.15, 0.2) is 92.6 Å². The average Bonchev–Trinajstić information content (AvgIpc) is 2.69. The lowest BCUT2D eigenvalue weighted by Crippen LogP contribution is -2.17. The van der Waals surface area contributed by atoms with Gasteiger partial charge in [0.05, 0.1) is 17.7 Å². The minimum Gasteiger partial charge on any atom is -0.495 e. The van der Waals surface area contributed by atoms with Gasteiger partial charge in [-0.1, -0.05) is 58.4 Å². The Morgan fingerprint density at radius 1 is 0.926 bits per heavy atom. The van der Waals surface area contributed by atoms with E-state index < -0.39 is 10.0 Å². The van der Waals surface area contributed by atoms with Gasteiger partial charge in [-0.2, -0.15) is 8.42 Å². The first-order chi connectivity index (χ1) is 13.0. The van der Waals surface area contributed by atoms with Gasteiger partial charge >= 0.3 is 0 Å². The molecule has 0 fully saturated rings. The van der Waals surface area contributed by atoms with Crippen molar-refractivity contribution in [3.05, 3.63) is 88.9 Å². The number of benzene rings is 3. The normalized spacial score (nSPS) is 11.9. The fourth-order valence-corrected chi connectivity index (χ4v) is 3.64. The summed E-state index contributed by atoms with van der Waals surface area (Å²) in [7, 11) is -2.35. The Labute approximate surface area is 166 Å². The summed E-state index contributed by atoms with van der Waals surface area (Å²) >= 11 is 3.30. The summed E-state index contributed by atoms with van der Waals surface area (Å²) in [5.41, 5.74) is 1.26. The van der Waals surface area contributed by atoms with Gasteiger partial charge in [-0.3, -0.25) is 0 Å². The van der Waals surface area contributed by atoms with Crippen LogP contribution in [0.4, 0.5) is 5.69 Å². The summed E-state index contributed by atoms with van der Waals surface area (Å²) in [6.45, 7) is 0. The van der Waals surface area contributed by atoms with Crippen molar-refractivity contribution >= 4 is 37.5 Å². The van der Waals surface area contributed by atoms with Crippen LogP contribution in [0.5, 0.6) is 5.75 Å². The number of amidine groups is 1. The maximum Gasteiger partial charge on any atom is 0.284 e. The third-order valence-electron chi connectivity index (χ3n) is 3.73. The van der Waals surface area contributed by atoms with E-state index in [4.69, 9.17) is 4.74 Å². The van der Waals surface area contributed by atoms with Crippen molar-refractivity contribution in [1.29, 1.82) is 0 Å². The number of halogens is 1. The molecule has 0 bridgehead atoms. The number of methoxy groups -OCH3 is 1. The van der Waals surface area contributed by atoms with Crippen LogP contribution < -0.4 is 10.1 Å². The van der Waals surface area contributed by atoms with Crippen molar-refractivity contribution in [1.82, 2.24) is 0 Å². The third-order valence-corrected chi connectivity index (χ3v) is 5.55. The molecule has 138 valence electrons. The molecule has 27 heavy (non-hydrogen) atoms. The van der Waals surface area contributed by atoms with Crippen molar-refractivity contribution in [2.24, 2.45) is 4.40 Å². The van der Waals surface area contributed by atoms with Crippen molar-refractivity contribution in [3.8, 4) is 5.75 Å². The van der Waals surface area contributed by atoms with Gasteiger partial charge in [0.2, 0.25) is 0 Å². The highest BCUT2D eigenvalue weighted by Crippen LogP contribution is 2.25. The standard InChI is InChI=1S/C20H17BrN2O3S/c1-26-19-10-6-5-9-18(19)22-20(15-7-3-2-4-8-15)23-27(24,25)17-13-11-16(21)12-14-17/h2-14H,1H3,(H,22,23). The van der Waals surface area contributed by atoms with E-state index >= 15 is 0 Å². The Hall–Kier alpha value is -2.64. The molecule has 0 aromatic heterocycles. The van der Waals surface area contributed by atoms with E-state index in [0.29, 0.717) is 17.0 Å². The minimum atomic E-state index is -3.90. The van der Waals surface area contributed by atoms with Gasteiger partial charge in [0.15, 0.2) is 5.84 Å². The second-order valence-electron chi connectivity index (χ2n) is 5.56. The predicted octanol–water partition coefficient (Wildman–Crippen LogP) is 4.71. The number of hydrogen-bond acceptors (Lipinski definition) is 3. The summed E-state index contributed by atoms with van der Waals surface area (Å²) in [4.78, 5) is 0.112. The molecule has 3 rings (SSSR count). The van der Waals surface area contributed by atoms with Crippen molar-refractivity contribution in [2.45, 2.75) is 4.90 Å². The smallest absolute Gasteiger partial charge is 0.284 e. The van der Waals surface area contributed by atoms with E-state index in [1.54, 1.807) is 43.5 Å². The molecule has 0 aliphatic carbocycles. The monoisotopic (exact) mass is 444 g/mol. The number of para-hydroxylation sites is 2. The maximum atomic E-state index is 12.8. The first-order valence-corrected chi connectivity index (χ1v) is 10.3. The molecule has 0 amide bonds. The predicted molar refractivity (Wildman–Crippen MR) is 111 cm³/mol. The molecule has 0 radical (unpaired) electrons. The fraction of sp³-hybridized carbons (Fsp3) is 0.0500. The summed E-state index contributed by atoms with van der Waals surface area (Å²) in [6, 6.07) is 22.7. The zero-order chi connectivity index (χ0) is 19.3. The Morgan fingerprint density at radius 2 is 1.56 bits per heavy atom. The van der Waals surface area contributed by atoms with Crippen molar-refractivity contribution in [3.63, 3.8) is 0 Å². The summed E-state index contributed by atoms with van der Waals surface area (Å²) < 4.78 is 35.8.